The van der Waals surface area contributed by atoms with E-state index in [1.54, 1.807) is 7.11 Å². The van der Waals surface area contributed by atoms with Gasteiger partial charge in [-0.15, -0.1) is 0 Å². The molecule has 1 atom stereocenters. The number of ether oxygens (including phenoxy) is 2. The van der Waals surface area contributed by atoms with Gasteiger partial charge < -0.3 is 14.8 Å². The Kier molecular flexibility index (Phi) is 7.15. The van der Waals surface area contributed by atoms with Crippen LogP contribution in [-0.2, 0) is 9.53 Å². The zero-order chi connectivity index (χ0) is 19.0. The maximum Gasteiger partial charge on any atom is 0.314 e. The molecule has 0 heterocycles. The normalized spacial score (nSPS) is 15.2. The van der Waals surface area contributed by atoms with Gasteiger partial charge >= 0.3 is 5.97 Å². The van der Waals surface area contributed by atoms with E-state index < -0.39 is 5.41 Å². The monoisotopic (exact) mass is 355 g/mol. The minimum atomic E-state index is -0.780. The fourth-order valence-corrected chi connectivity index (χ4v) is 2.80. The van der Waals surface area contributed by atoms with Crippen LogP contribution in [0.1, 0.15) is 46.5 Å². The first kappa shape index (κ1) is 19.9. The van der Waals surface area contributed by atoms with Gasteiger partial charge in [0, 0.05) is 5.69 Å². The van der Waals surface area contributed by atoms with Crippen molar-refractivity contribution in [3.05, 3.63) is 35.9 Å². The minimum absolute atomic E-state index is 0.252. The first-order valence-corrected chi connectivity index (χ1v) is 9.25. The summed E-state index contributed by atoms with van der Waals surface area (Å²) in [4.78, 5) is 12.5. The van der Waals surface area contributed by atoms with Crippen LogP contribution in [0, 0.1) is 17.3 Å². The van der Waals surface area contributed by atoms with Gasteiger partial charge in [-0.3, -0.25) is 4.79 Å². The average Bonchev–Trinajstić information content (AvgIpc) is 2.66. The molecule has 0 saturated heterocycles. The third kappa shape index (κ3) is 5.29. The molecule has 26 heavy (non-hydrogen) atoms. The Hall–Kier alpha value is -2.41. The van der Waals surface area contributed by atoms with E-state index in [0.717, 1.165) is 29.9 Å². The maximum absolute atomic E-state index is 12.5. The number of esters is 1. The lowest BCUT2D eigenvalue weighted by Gasteiger charge is -2.30. The Balaban J connectivity index is 2.26. The quantitative estimate of drug-likeness (QED) is 0.600. The molecule has 0 bridgehead atoms. The summed E-state index contributed by atoms with van der Waals surface area (Å²) < 4.78 is 10.5. The van der Waals surface area contributed by atoms with Crippen LogP contribution in [0.25, 0.3) is 0 Å². The van der Waals surface area contributed by atoms with Crippen LogP contribution in [-0.4, -0.2) is 25.7 Å². The Labute approximate surface area is 157 Å². The number of carbonyl (C=O) groups excluding carboxylic acids is 1. The number of carbonyl (C=O) groups is 1. The molecule has 0 aliphatic heterocycles. The van der Waals surface area contributed by atoms with Gasteiger partial charge in [0.25, 0.3) is 0 Å². The van der Waals surface area contributed by atoms with Crippen molar-refractivity contribution in [2.24, 2.45) is 5.41 Å². The highest BCUT2D eigenvalue weighted by Gasteiger charge is 2.37. The van der Waals surface area contributed by atoms with Gasteiger partial charge in [0.2, 0.25) is 0 Å². The molecule has 0 radical (unpaired) electrons. The third-order valence-electron chi connectivity index (χ3n) is 4.59. The van der Waals surface area contributed by atoms with Crippen molar-refractivity contribution in [3.8, 4) is 17.6 Å². The molecule has 140 valence electrons. The molecule has 1 unspecified atom stereocenters. The molecule has 1 aromatic rings. The molecule has 4 heteroatoms. The summed E-state index contributed by atoms with van der Waals surface area (Å²) >= 11 is 0. The van der Waals surface area contributed by atoms with Gasteiger partial charge in [-0.05, 0) is 76.3 Å². The Morgan fingerprint density at radius 3 is 2.58 bits per heavy atom. The summed E-state index contributed by atoms with van der Waals surface area (Å²) in [5.41, 5.74) is 1.27. The Morgan fingerprint density at radius 2 is 2.00 bits per heavy atom. The van der Waals surface area contributed by atoms with Crippen molar-refractivity contribution in [3.63, 3.8) is 0 Å². The van der Waals surface area contributed by atoms with E-state index in [0.29, 0.717) is 6.61 Å². The summed E-state index contributed by atoms with van der Waals surface area (Å²) in [5.74, 6) is 7.10. The number of nitrogens with one attached hydrogen (secondary N) is 1. The van der Waals surface area contributed by atoms with Gasteiger partial charge in [-0.1, -0.05) is 17.9 Å². The molecule has 0 amide bonds. The fourth-order valence-electron chi connectivity index (χ4n) is 2.80. The van der Waals surface area contributed by atoms with Crippen LogP contribution in [0.3, 0.4) is 0 Å². The predicted molar refractivity (Wildman–Crippen MR) is 105 cm³/mol. The van der Waals surface area contributed by atoms with Crippen molar-refractivity contribution in [2.75, 3.05) is 19.0 Å². The number of hydrogen-bond donors (Lipinski definition) is 1. The summed E-state index contributed by atoms with van der Waals surface area (Å²) in [6.45, 7) is 5.92. The van der Waals surface area contributed by atoms with E-state index in [4.69, 9.17) is 9.47 Å². The lowest BCUT2D eigenvalue weighted by molar-refractivity contribution is -0.153. The number of anilines is 1. The highest BCUT2D eigenvalue weighted by atomic mass is 16.5. The van der Waals surface area contributed by atoms with Crippen molar-refractivity contribution >= 4 is 11.7 Å². The van der Waals surface area contributed by atoms with E-state index in [-0.39, 0.29) is 12.0 Å². The van der Waals surface area contributed by atoms with Crippen molar-refractivity contribution < 1.29 is 14.3 Å². The first-order chi connectivity index (χ1) is 12.5. The van der Waals surface area contributed by atoms with E-state index >= 15 is 0 Å². The fraction of sp³-hybridized carbons (Fsp3) is 0.500. The zero-order valence-corrected chi connectivity index (χ0v) is 16.2. The molecule has 2 rings (SSSR count). The Bertz CT molecular complexity index is 692. The van der Waals surface area contributed by atoms with Crippen LogP contribution in [0.5, 0.6) is 5.75 Å². The van der Waals surface area contributed by atoms with Crippen molar-refractivity contribution in [2.45, 2.75) is 52.5 Å². The van der Waals surface area contributed by atoms with Crippen LogP contribution in [0.2, 0.25) is 0 Å². The SMILES string of the molecule is CCOC(=O)C(C)(C)C(C#CC1=CCCCC1)Nc1ccc(OC)cc1. The molecular weight excluding hydrogens is 326 g/mol. The minimum Gasteiger partial charge on any atom is -0.497 e. The maximum atomic E-state index is 12.5. The first-order valence-electron chi connectivity index (χ1n) is 9.25. The van der Waals surface area contributed by atoms with Crippen molar-refractivity contribution in [1.29, 1.82) is 0 Å². The van der Waals surface area contributed by atoms with E-state index in [2.05, 4.69) is 23.2 Å². The average molecular weight is 355 g/mol. The molecule has 1 aliphatic rings. The van der Waals surface area contributed by atoms with Crippen LogP contribution < -0.4 is 10.1 Å². The van der Waals surface area contributed by atoms with Gasteiger partial charge in [0.1, 0.15) is 11.8 Å². The molecule has 1 aliphatic carbocycles. The summed E-state index contributed by atoms with van der Waals surface area (Å²) in [5, 5.41) is 3.39. The van der Waals surface area contributed by atoms with Gasteiger partial charge in [-0.25, -0.2) is 0 Å². The second kappa shape index (κ2) is 9.33. The second-order valence-electron chi connectivity index (χ2n) is 6.99. The van der Waals surface area contributed by atoms with E-state index in [1.165, 1.54) is 12.8 Å². The smallest absolute Gasteiger partial charge is 0.314 e. The van der Waals surface area contributed by atoms with Crippen LogP contribution >= 0.6 is 0 Å². The number of rotatable bonds is 6. The summed E-state index contributed by atoms with van der Waals surface area (Å²) in [6, 6.07) is 7.25. The molecule has 0 fully saturated rings. The second-order valence-corrected chi connectivity index (χ2v) is 6.99. The molecule has 1 N–H and O–H groups in total. The largest absolute Gasteiger partial charge is 0.497 e. The van der Waals surface area contributed by atoms with Crippen molar-refractivity contribution in [1.82, 2.24) is 0 Å². The molecular formula is C22H29NO3. The number of allylic oxidation sites excluding steroid dienone is 2. The lowest BCUT2D eigenvalue weighted by atomic mass is 9.84. The van der Waals surface area contributed by atoms with Gasteiger partial charge in [0.05, 0.1) is 19.1 Å². The van der Waals surface area contributed by atoms with Gasteiger partial charge in [0.15, 0.2) is 0 Å². The molecule has 1 aromatic carbocycles. The highest BCUT2D eigenvalue weighted by Crippen LogP contribution is 2.27. The number of methoxy groups -OCH3 is 1. The van der Waals surface area contributed by atoms with E-state index in [9.17, 15) is 4.79 Å². The predicted octanol–water partition coefficient (Wildman–Crippen LogP) is 4.57. The molecule has 0 spiro atoms. The number of benzene rings is 1. The molecule has 0 saturated carbocycles. The van der Waals surface area contributed by atoms with E-state index in [1.807, 2.05) is 45.0 Å². The molecule has 4 nitrogen and oxygen atoms in total. The topological polar surface area (TPSA) is 47.6 Å². The zero-order valence-electron chi connectivity index (χ0n) is 16.2. The molecule has 0 aromatic heterocycles. The Morgan fingerprint density at radius 1 is 1.27 bits per heavy atom. The number of hydrogen-bond acceptors (Lipinski definition) is 4. The lowest BCUT2D eigenvalue weighted by Crippen LogP contribution is -2.42. The van der Waals surface area contributed by atoms with Crippen LogP contribution in [0.4, 0.5) is 5.69 Å². The van der Waals surface area contributed by atoms with Crippen LogP contribution in [0.15, 0.2) is 35.9 Å². The summed E-state index contributed by atoms with van der Waals surface area (Å²) in [7, 11) is 1.64. The highest BCUT2D eigenvalue weighted by molar-refractivity contribution is 5.78. The summed E-state index contributed by atoms with van der Waals surface area (Å²) in [6.07, 6.45) is 6.72. The standard InChI is InChI=1S/C22H29NO3/c1-5-26-21(24)22(2,3)20(16-11-17-9-7-6-8-10-17)23-18-12-14-19(25-4)15-13-18/h9,12-15,20,23H,5-8,10H2,1-4H3. The third-order valence-corrected chi connectivity index (χ3v) is 4.59. The van der Waals surface area contributed by atoms with Gasteiger partial charge in [-0.2, -0.15) is 0 Å².